The van der Waals surface area contributed by atoms with E-state index in [0.29, 0.717) is 5.13 Å². The molecule has 0 aliphatic rings. The van der Waals surface area contributed by atoms with Gasteiger partial charge in [-0.3, -0.25) is 4.90 Å². The van der Waals surface area contributed by atoms with Gasteiger partial charge in [0.15, 0.2) is 0 Å². The normalized spacial score (nSPS) is 13.5. The minimum atomic E-state index is -0.149. The first-order valence-corrected chi connectivity index (χ1v) is 6.92. The molecule has 1 aromatic rings. The number of urea groups is 1. The van der Waals surface area contributed by atoms with E-state index in [1.54, 1.807) is 21.1 Å². The van der Waals surface area contributed by atoms with E-state index in [1.165, 1.54) is 21.1 Å². The van der Waals surface area contributed by atoms with Gasteiger partial charge in [0.2, 0.25) is 5.13 Å². The van der Waals surface area contributed by atoms with Gasteiger partial charge in [0.05, 0.1) is 12.0 Å². The van der Waals surface area contributed by atoms with Crippen molar-refractivity contribution in [2.45, 2.75) is 26.2 Å². The molecule has 0 saturated heterocycles. The van der Waals surface area contributed by atoms with Gasteiger partial charge < -0.3 is 4.90 Å². The zero-order chi connectivity index (χ0) is 14.6. The van der Waals surface area contributed by atoms with Crippen LogP contribution in [-0.2, 0) is 0 Å². The Bertz CT molecular complexity index is 479. The Morgan fingerprint density at radius 2 is 2.05 bits per heavy atom. The van der Waals surface area contributed by atoms with Crippen molar-refractivity contribution in [3.63, 3.8) is 0 Å². The van der Waals surface area contributed by atoms with Crippen LogP contribution in [0, 0.1) is 17.2 Å². The standard InChI is InChI=1S/C12H19N5OS/c1-6-9(8(2)7-13)10-14-15-11(19-10)17(5)12(18)16(3)4/h8-9H,6H2,1-5H3. The first-order chi connectivity index (χ1) is 8.92. The maximum atomic E-state index is 11.8. The van der Waals surface area contributed by atoms with Crippen molar-refractivity contribution in [3.05, 3.63) is 5.01 Å². The first-order valence-electron chi connectivity index (χ1n) is 6.10. The Hall–Kier alpha value is -1.68. The number of nitrogens with zero attached hydrogens (tertiary/aromatic N) is 5. The lowest BCUT2D eigenvalue weighted by molar-refractivity contribution is 0.225. The summed E-state index contributed by atoms with van der Waals surface area (Å²) >= 11 is 1.37. The number of anilines is 1. The molecule has 1 rings (SSSR count). The topological polar surface area (TPSA) is 73.1 Å². The van der Waals surface area contributed by atoms with E-state index in [1.807, 2.05) is 13.8 Å². The molecule has 7 heteroatoms. The van der Waals surface area contributed by atoms with Gasteiger partial charge >= 0.3 is 6.03 Å². The van der Waals surface area contributed by atoms with Crippen LogP contribution < -0.4 is 4.90 Å². The summed E-state index contributed by atoms with van der Waals surface area (Å²) in [5, 5.41) is 18.5. The fourth-order valence-electron chi connectivity index (χ4n) is 1.73. The molecule has 2 atom stereocenters. The highest BCUT2D eigenvalue weighted by atomic mass is 32.1. The van der Waals surface area contributed by atoms with Crippen LogP contribution in [0.25, 0.3) is 0 Å². The molecule has 1 aromatic heterocycles. The van der Waals surface area contributed by atoms with Crippen molar-refractivity contribution in [2.24, 2.45) is 5.92 Å². The summed E-state index contributed by atoms with van der Waals surface area (Å²) in [5.41, 5.74) is 0. The monoisotopic (exact) mass is 281 g/mol. The zero-order valence-electron chi connectivity index (χ0n) is 11.9. The van der Waals surface area contributed by atoms with Gasteiger partial charge in [-0.15, -0.1) is 10.2 Å². The molecule has 0 aliphatic heterocycles. The van der Waals surface area contributed by atoms with Crippen LogP contribution in [0.5, 0.6) is 0 Å². The fourth-order valence-corrected chi connectivity index (χ4v) is 2.81. The summed E-state index contributed by atoms with van der Waals surface area (Å²) in [6.07, 6.45) is 0.828. The Morgan fingerprint density at radius 1 is 1.42 bits per heavy atom. The molecule has 0 radical (unpaired) electrons. The molecule has 104 valence electrons. The van der Waals surface area contributed by atoms with Gasteiger partial charge in [-0.1, -0.05) is 18.3 Å². The predicted octanol–water partition coefficient (Wildman–Crippen LogP) is 2.31. The largest absolute Gasteiger partial charge is 0.330 e. The highest BCUT2D eigenvalue weighted by molar-refractivity contribution is 7.15. The van der Waals surface area contributed by atoms with Crippen LogP contribution in [0.2, 0.25) is 0 Å². The van der Waals surface area contributed by atoms with Crippen molar-refractivity contribution < 1.29 is 4.79 Å². The average Bonchev–Trinajstić information content (AvgIpc) is 2.86. The summed E-state index contributed by atoms with van der Waals surface area (Å²) in [7, 11) is 5.04. The number of aromatic nitrogens is 2. The molecule has 1 heterocycles. The van der Waals surface area contributed by atoms with Gasteiger partial charge in [-0.25, -0.2) is 4.79 Å². The lowest BCUT2D eigenvalue weighted by Crippen LogP contribution is -2.36. The minimum absolute atomic E-state index is 0.0686. The molecule has 0 bridgehead atoms. The number of nitriles is 1. The number of amides is 2. The van der Waals surface area contributed by atoms with Crippen LogP contribution in [-0.4, -0.2) is 42.3 Å². The Labute approximate surface area is 117 Å². The third-order valence-corrected chi connectivity index (χ3v) is 4.08. The number of hydrogen-bond acceptors (Lipinski definition) is 5. The van der Waals surface area contributed by atoms with E-state index in [-0.39, 0.29) is 17.9 Å². The summed E-state index contributed by atoms with van der Waals surface area (Å²) in [6, 6.07) is 2.10. The zero-order valence-corrected chi connectivity index (χ0v) is 12.7. The molecule has 0 fully saturated rings. The van der Waals surface area contributed by atoms with E-state index >= 15 is 0 Å². The summed E-state index contributed by atoms with van der Waals surface area (Å²) in [4.78, 5) is 14.8. The fraction of sp³-hybridized carbons (Fsp3) is 0.667. The maximum Gasteiger partial charge on any atom is 0.325 e. The number of hydrogen-bond donors (Lipinski definition) is 0. The lowest BCUT2D eigenvalue weighted by Gasteiger charge is -2.18. The second kappa shape index (κ2) is 6.48. The highest BCUT2D eigenvalue weighted by Crippen LogP contribution is 2.32. The predicted molar refractivity (Wildman–Crippen MR) is 75.2 cm³/mol. The third-order valence-electron chi connectivity index (χ3n) is 2.95. The van der Waals surface area contributed by atoms with E-state index in [9.17, 15) is 4.79 Å². The minimum Gasteiger partial charge on any atom is -0.330 e. The SMILES string of the molecule is CCC(c1nnc(N(C)C(=O)N(C)C)s1)C(C)C#N. The molecule has 2 amide bonds. The Kier molecular flexibility index (Phi) is 5.24. The molecule has 0 aromatic carbocycles. The van der Waals surface area contributed by atoms with E-state index < -0.39 is 0 Å². The van der Waals surface area contributed by atoms with Gasteiger partial charge in [0, 0.05) is 27.1 Å². The molecule has 0 spiro atoms. The number of carbonyl (C=O) groups excluding carboxylic acids is 1. The van der Waals surface area contributed by atoms with Crippen LogP contribution in [0.15, 0.2) is 0 Å². The van der Waals surface area contributed by atoms with Gasteiger partial charge in [-0.05, 0) is 13.3 Å². The maximum absolute atomic E-state index is 11.8. The van der Waals surface area contributed by atoms with Crippen molar-refractivity contribution in [3.8, 4) is 6.07 Å². The Morgan fingerprint density at radius 3 is 2.53 bits per heavy atom. The van der Waals surface area contributed by atoms with Gasteiger partial charge in [0.25, 0.3) is 0 Å². The molecule has 2 unspecified atom stereocenters. The van der Waals surface area contributed by atoms with E-state index in [0.717, 1.165) is 11.4 Å². The lowest BCUT2D eigenvalue weighted by atomic mass is 9.94. The smallest absolute Gasteiger partial charge is 0.325 e. The summed E-state index contributed by atoms with van der Waals surface area (Å²) in [5.74, 6) is -0.0419. The second-order valence-corrected chi connectivity index (χ2v) is 5.58. The Balaban J connectivity index is 2.93. The van der Waals surface area contributed by atoms with Crippen LogP contribution >= 0.6 is 11.3 Å². The van der Waals surface area contributed by atoms with Crippen LogP contribution in [0.4, 0.5) is 9.93 Å². The second-order valence-electron chi connectivity index (χ2n) is 4.59. The molecule has 19 heavy (non-hydrogen) atoms. The third kappa shape index (κ3) is 3.41. The highest BCUT2D eigenvalue weighted by Gasteiger charge is 2.24. The van der Waals surface area contributed by atoms with Crippen molar-refractivity contribution in [2.75, 3.05) is 26.0 Å². The summed E-state index contributed by atoms with van der Waals surface area (Å²) < 4.78 is 0. The van der Waals surface area contributed by atoms with Crippen molar-refractivity contribution >= 4 is 22.5 Å². The van der Waals surface area contributed by atoms with Crippen LogP contribution in [0.3, 0.4) is 0 Å². The van der Waals surface area contributed by atoms with E-state index in [2.05, 4.69) is 16.3 Å². The van der Waals surface area contributed by atoms with Crippen LogP contribution in [0.1, 0.15) is 31.2 Å². The van der Waals surface area contributed by atoms with E-state index in [4.69, 9.17) is 5.26 Å². The van der Waals surface area contributed by atoms with Gasteiger partial charge in [0.1, 0.15) is 5.01 Å². The number of carbonyl (C=O) groups is 1. The summed E-state index contributed by atoms with van der Waals surface area (Å²) in [6.45, 7) is 3.90. The van der Waals surface area contributed by atoms with Crippen molar-refractivity contribution in [1.29, 1.82) is 5.26 Å². The van der Waals surface area contributed by atoms with Gasteiger partial charge in [-0.2, -0.15) is 5.26 Å². The molecule has 0 aliphatic carbocycles. The molecule has 0 saturated carbocycles. The quantitative estimate of drug-likeness (QED) is 0.849. The number of rotatable bonds is 4. The average molecular weight is 281 g/mol. The van der Waals surface area contributed by atoms with Crippen molar-refractivity contribution in [1.82, 2.24) is 15.1 Å². The molecular formula is C12H19N5OS. The molecule has 6 nitrogen and oxygen atoms in total. The molecule has 0 N–H and O–H groups in total. The molecular weight excluding hydrogens is 262 g/mol. The first kappa shape index (κ1) is 15.4.